The summed E-state index contributed by atoms with van der Waals surface area (Å²) < 4.78 is 26.1. The first-order valence-electron chi connectivity index (χ1n) is 10.7. The molecule has 32 heavy (non-hydrogen) atoms. The highest BCUT2D eigenvalue weighted by Gasteiger charge is 2.29. The van der Waals surface area contributed by atoms with E-state index in [0.29, 0.717) is 18.7 Å². The summed E-state index contributed by atoms with van der Waals surface area (Å²) in [5.74, 6) is -0.706. The van der Waals surface area contributed by atoms with Crippen LogP contribution < -0.4 is 9.62 Å². The van der Waals surface area contributed by atoms with Gasteiger partial charge >= 0.3 is 0 Å². The summed E-state index contributed by atoms with van der Waals surface area (Å²) in [7, 11) is -3.71. The zero-order valence-corrected chi connectivity index (χ0v) is 20.2. The molecule has 0 saturated heterocycles. The van der Waals surface area contributed by atoms with E-state index in [1.165, 1.54) is 4.90 Å². The van der Waals surface area contributed by atoms with Crippen LogP contribution in [0.25, 0.3) is 0 Å². The van der Waals surface area contributed by atoms with E-state index in [1.54, 1.807) is 25.1 Å². The van der Waals surface area contributed by atoms with Crippen LogP contribution in [0.2, 0.25) is 0 Å². The number of benzene rings is 2. The first kappa shape index (κ1) is 25.4. The Hall–Kier alpha value is -2.87. The normalized spacial score (nSPS) is 12.3. The Balaban J connectivity index is 2.30. The molecule has 0 saturated carbocycles. The van der Waals surface area contributed by atoms with E-state index in [2.05, 4.69) is 5.32 Å². The lowest BCUT2D eigenvalue weighted by Gasteiger charge is -2.32. The van der Waals surface area contributed by atoms with Crippen molar-refractivity contribution >= 4 is 27.5 Å². The van der Waals surface area contributed by atoms with Crippen molar-refractivity contribution in [1.82, 2.24) is 10.2 Å². The molecule has 0 aromatic heterocycles. The summed E-state index contributed by atoms with van der Waals surface area (Å²) >= 11 is 0. The monoisotopic (exact) mass is 459 g/mol. The maximum atomic E-state index is 13.4. The summed E-state index contributed by atoms with van der Waals surface area (Å²) in [5, 5.41) is 2.83. The zero-order chi connectivity index (χ0) is 23.9. The molecule has 0 radical (unpaired) electrons. The fourth-order valence-electron chi connectivity index (χ4n) is 3.37. The molecule has 174 valence electrons. The number of nitrogens with one attached hydrogen (secondary N) is 1. The second-order valence-electron chi connectivity index (χ2n) is 8.27. The Labute approximate surface area is 191 Å². The van der Waals surface area contributed by atoms with Crippen LogP contribution in [-0.2, 0) is 26.0 Å². The minimum absolute atomic E-state index is 0.0733. The van der Waals surface area contributed by atoms with Crippen molar-refractivity contribution in [3.63, 3.8) is 0 Å². The second-order valence-corrected chi connectivity index (χ2v) is 10.2. The van der Waals surface area contributed by atoms with Gasteiger partial charge < -0.3 is 10.2 Å². The molecule has 1 N–H and O–H groups in total. The molecule has 0 aliphatic heterocycles. The molecule has 2 aromatic rings. The highest BCUT2D eigenvalue weighted by molar-refractivity contribution is 7.92. The molecule has 0 bridgehead atoms. The molecule has 2 aromatic carbocycles. The van der Waals surface area contributed by atoms with Gasteiger partial charge in [0.05, 0.1) is 11.9 Å². The predicted molar refractivity (Wildman–Crippen MR) is 128 cm³/mol. The lowest BCUT2D eigenvalue weighted by atomic mass is 10.1. The first-order valence-corrected chi connectivity index (χ1v) is 12.5. The smallest absolute Gasteiger partial charge is 0.244 e. The van der Waals surface area contributed by atoms with Crippen LogP contribution >= 0.6 is 0 Å². The fraction of sp³-hybridized carbons (Fsp3) is 0.417. The van der Waals surface area contributed by atoms with Crippen molar-refractivity contribution in [1.29, 1.82) is 0 Å². The number of aryl methyl sites for hydroxylation is 1. The van der Waals surface area contributed by atoms with E-state index < -0.39 is 22.0 Å². The van der Waals surface area contributed by atoms with Gasteiger partial charge in [0.1, 0.15) is 12.6 Å². The number of anilines is 1. The lowest BCUT2D eigenvalue weighted by Crippen LogP contribution is -2.53. The molecule has 8 heteroatoms. The van der Waals surface area contributed by atoms with E-state index in [9.17, 15) is 18.0 Å². The van der Waals surface area contributed by atoms with E-state index in [1.807, 2.05) is 57.2 Å². The Morgan fingerprint density at radius 3 is 2.22 bits per heavy atom. The number of sulfonamides is 1. The third kappa shape index (κ3) is 7.37. The minimum Gasteiger partial charge on any atom is -0.352 e. The van der Waals surface area contributed by atoms with Gasteiger partial charge in [0.15, 0.2) is 0 Å². The molecule has 0 aliphatic carbocycles. The van der Waals surface area contributed by atoms with Gasteiger partial charge in [0.2, 0.25) is 21.8 Å². The molecule has 0 unspecified atom stereocenters. The van der Waals surface area contributed by atoms with Gasteiger partial charge in [-0.1, -0.05) is 42.5 Å². The van der Waals surface area contributed by atoms with Gasteiger partial charge in [-0.05, 0) is 57.4 Å². The number of amides is 2. The number of hydrogen-bond donors (Lipinski definition) is 1. The Morgan fingerprint density at radius 2 is 1.66 bits per heavy atom. The summed E-state index contributed by atoms with van der Waals surface area (Å²) in [5.41, 5.74) is 2.33. The molecule has 0 spiro atoms. The van der Waals surface area contributed by atoms with Crippen molar-refractivity contribution < 1.29 is 18.0 Å². The van der Waals surface area contributed by atoms with Crippen LogP contribution in [-0.4, -0.2) is 56.6 Å². The first-order chi connectivity index (χ1) is 15.0. The summed E-state index contributed by atoms with van der Waals surface area (Å²) in [6.45, 7) is 7.14. The maximum absolute atomic E-state index is 13.4. The third-order valence-electron chi connectivity index (χ3n) is 5.05. The average molecular weight is 460 g/mol. The molecular formula is C24H33N3O4S. The molecule has 2 amide bonds. The standard InChI is InChI=1S/C24H33N3O4S/c1-18(2)25-24(29)20(4)26(15-14-21-11-7-6-8-12-21)23(28)17-27(32(5,30)31)22-13-9-10-19(3)16-22/h6-13,16,18,20H,14-15,17H2,1-5H3,(H,25,29)/t20-/m0/s1. The summed E-state index contributed by atoms with van der Waals surface area (Å²) in [6.07, 6.45) is 1.63. The number of rotatable bonds is 10. The van der Waals surface area contributed by atoms with Crippen molar-refractivity contribution in [3.05, 3.63) is 65.7 Å². The largest absolute Gasteiger partial charge is 0.352 e. The molecule has 7 nitrogen and oxygen atoms in total. The van der Waals surface area contributed by atoms with E-state index in [-0.39, 0.29) is 18.5 Å². The van der Waals surface area contributed by atoms with E-state index in [4.69, 9.17) is 0 Å². The molecule has 0 fully saturated rings. The number of nitrogens with zero attached hydrogens (tertiary/aromatic N) is 2. The highest BCUT2D eigenvalue weighted by Crippen LogP contribution is 2.19. The fourth-order valence-corrected chi connectivity index (χ4v) is 4.21. The topological polar surface area (TPSA) is 86.8 Å². The maximum Gasteiger partial charge on any atom is 0.244 e. The SMILES string of the molecule is Cc1cccc(N(CC(=O)N(CCc2ccccc2)[C@@H](C)C(=O)NC(C)C)S(C)(=O)=O)c1. The summed E-state index contributed by atoms with van der Waals surface area (Å²) in [4.78, 5) is 27.5. The molecule has 1 atom stereocenters. The number of hydrogen-bond acceptors (Lipinski definition) is 4. The summed E-state index contributed by atoms with van der Waals surface area (Å²) in [6, 6.07) is 15.8. The van der Waals surface area contributed by atoms with Gasteiger partial charge in [-0.2, -0.15) is 0 Å². The number of carbonyl (C=O) groups is 2. The Bertz CT molecular complexity index is 1020. The Morgan fingerprint density at radius 1 is 1.00 bits per heavy atom. The van der Waals surface area contributed by atoms with Crippen molar-refractivity contribution in [3.8, 4) is 0 Å². The zero-order valence-electron chi connectivity index (χ0n) is 19.4. The molecular weight excluding hydrogens is 426 g/mol. The highest BCUT2D eigenvalue weighted by atomic mass is 32.2. The van der Waals surface area contributed by atoms with Crippen LogP contribution in [0.1, 0.15) is 31.9 Å². The van der Waals surface area contributed by atoms with Crippen molar-refractivity contribution in [2.45, 2.75) is 46.2 Å². The number of carbonyl (C=O) groups excluding carboxylic acids is 2. The minimum atomic E-state index is -3.71. The van der Waals surface area contributed by atoms with Crippen LogP contribution in [0, 0.1) is 6.92 Å². The second kappa shape index (κ2) is 11.1. The third-order valence-corrected chi connectivity index (χ3v) is 6.19. The van der Waals surface area contributed by atoms with Gasteiger partial charge in [0, 0.05) is 12.6 Å². The van der Waals surface area contributed by atoms with E-state index >= 15 is 0 Å². The predicted octanol–water partition coefficient (Wildman–Crippen LogP) is 2.75. The molecule has 2 rings (SSSR count). The Kier molecular flexibility index (Phi) is 8.83. The van der Waals surface area contributed by atoms with E-state index in [0.717, 1.165) is 21.7 Å². The quantitative estimate of drug-likeness (QED) is 0.592. The van der Waals surface area contributed by atoms with Gasteiger partial charge in [-0.3, -0.25) is 13.9 Å². The van der Waals surface area contributed by atoms with Gasteiger partial charge in [0.25, 0.3) is 0 Å². The van der Waals surface area contributed by atoms with Gasteiger partial charge in [-0.15, -0.1) is 0 Å². The molecule has 0 heterocycles. The van der Waals surface area contributed by atoms with Crippen LogP contribution in [0.15, 0.2) is 54.6 Å². The van der Waals surface area contributed by atoms with Crippen LogP contribution in [0.3, 0.4) is 0 Å². The van der Waals surface area contributed by atoms with Crippen LogP contribution in [0.5, 0.6) is 0 Å². The van der Waals surface area contributed by atoms with Crippen LogP contribution in [0.4, 0.5) is 5.69 Å². The molecule has 0 aliphatic rings. The van der Waals surface area contributed by atoms with Crippen molar-refractivity contribution in [2.24, 2.45) is 0 Å². The average Bonchev–Trinajstić information content (AvgIpc) is 2.71. The van der Waals surface area contributed by atoms with Crippen molar-refractivity contribution in [2.75, 3.05) is 23.7 Å². The van der Waals surface area contributed by atoms with Gasteiger partial charge in [-0.25, -0.2) is 8.42 Å². The lowest BCUT2D eigenvalue weighted by molar-refractivity contribution is -0.139.